The van der Waals surface area contributed by atoms with Crippen LogP contribution in [0.3, 0.4) is 0 Å². The van der Waals surface area contributed by atoms with Crippen LogP contribution < -0.4 is 4.74 Å². The normalized spacial score (nSPS) is 10.3. The molecule has 0 amide bonds. The first-order valence-corrected chi connectivity index (χ1v) is 5.11. The molecule has 1 heterocycles. The maximum Gasteiger partial charge on any atom is 0.374 e. The fourth-order valence-corrected chi connectivity index (χ4v) is 1.56. The molecule has 0 atom stereocenters. The van der Waals surface area contributed by atoms with Gasteiger partial charge in [-0.2, -0.15) is 0 Å². The van der Waals surface area contributed by atoms with Crippen LogP contribution in [0.1, 0.15) is 16.1 Å². The van der Waals surface area contributed by atoms with Crippen LogP contribution in [-0.2, 0) is 0 Å². The van der Waals surface area contributed by atoms with Gasteiger partial charge in [0.15, 0.2) is 0 Å². The van der Waals surface area contributed by atoms with Gasteiger partial charge in [0, 0.05) is 11.6 Å². The summed E-state index contributed by atoms with van der Waals surface area (Å²) in [6, 6.07) is 4.47. The molecule has 2 N–H and O–H groups in total. The molecule has 6 nitrogen and oxygen atoms in total. The number of carboxylic acid groups (broad SMARTS) is 1. The van der Waals surface area contributed by atoms with Gasteiger partial charge >= 0.3 is 5.97 Å². The molecule has 18 heavy (non-hydrogen) atoms. The van der Waals surface area contributed by atoms with Crippen LogP contribution in [0.2, 0.25) is 0 Å². The molecule has 0 saturated heterocycles. The molecule has 6 heteroatoms. The van der Waals surface area contributed by atoms with E-state index >= 15 is 0 Å². The third kappa shape index (κ3) is 2.00. The van der Waals surface area contributed by atoms with E-state index in [0.717, 1.165) is 0 Å². The number of aromatic nitrogens is 1. The van der Waals surface area contributed by atoms with E-state index in [1.807, 2.05) is 0 Å². The zero-order valence-corrected chi connectivity index (χ0v) is 9.80. The number of rotatable bonds is 3. The van der Waals surface area contributed by atoms with Gasteiger partial charge in [0.05, 0.1) is 7.11 Å². The largest absolute Gasteiger partial charge is 0.507 e. The monoisotopic (exact) mass is 249 g/mol. The summed E-state index contributed by atoms with van der Waals surface area (Å²) in [6.45, 7) is 1.71. The highest BCUT2D eigenvalue weighted by Gasteiger charge is 2.17. The second kappa shape index (κ2) is 4.40. The average Bonchev–Trinajstić information content (AvgIpc) is 2.82. The van der Waals surface area contributed by atoms with Crippen LogP contribution in [-0.4, -0.2) is 28.4 Å². The predicted molar refractivity (Wildman–Crippen MR) is 61.9 cm³/mol. The topological polar surface area (TPSA) is 92.8 Å². The van der Waals surface area contributed by atoms with Crippen molar-refractivity contribution in [2.75, 3.05) is 7.11 Å². The van der Waals surface area contributed by atoms with Crippen molar-refractivity contribution in [3.05, 3.63) is 29.5 Å². The fraction of sp³-hybridized carbons (Fsp3) is 0.167. The summed E-state index contributed by atoms with van der Waals surface area (Å²) in [7, 11) is 1.50. The number of phenolic OH excluding ortho intramolecular Hbond substituents is 1. The SMILES string of the molecule is COc1cc(C)c(O)c(-c2cc(C(=O)O)on2)c1. The Morgan fingerprint density at radius 2 is 2.11 bits per heavy atom. The number of aryl methyl sites for hydroxylation is 1. The van der Waals surface area contributed by atoms with Gasteiger partial charge in [0.1, 0.15) is 17.2 Å². The Kier molecular flexibility index (Phi) is 2.93. The molecule has 0 saturated carbocycles. The van der Waals surface area contributed by atoms with Gasteiger partial charge in [-0.15, -0.1) is 0 Å². The Morgan fingerprint density at radius 1 is 1.39 bits per heavy atom. The predicted octanol–water partition coefficient (Wildman–Crippen LogP) is 2.06. The van der Waals surface area contributed by atoms with E-state index in [1.54, 1.807) is 19.1 Å². The van der Waals surface area contributed by atoms with Gasteiger partial charge in [-0.25, -0.2) is 4.79 Å². The molecule has 0 aliphatic carbocycles. The van der Waals surface area contributed by atoms with Crippen molar-refractivity contribution in [2.45, 2.75) is 6.92 Å². The number of hydrogen-bond acceptors (Lipinski definition) is 5. The van der Waals surface area contributed by atoms with Crippen molar-refractivity contribution in [1.29, 1.82) is 0 Å². The highest BCUT2D eigenvalue weighted by atomic mass is 16.5. The van der Waals surface area contributed by atoms with Crippen molar-refractivity contribution in [1.82, 2.24) is 5.16 Å². The van der Waals surface area contributed by atoms with Crippen molar-refractivity contribution in [3.63, 3.8) is 0 Å². The van der Waals surface area contributed by atoms with Crippen LogP contribution >= 0.6 is 0 Å². The summed E-state index contributed by atoms with van der Waals surface area (Å²) in [5, 5.41) is 22.3. The quantitative estimate of drug-likeness (QED) is 0.864. The maximum absolute atomic E-state index is 10.7. The number of methoxy groups -OCH3 is 1. The zero-order chi connectivity index (χ0) is 13.3. The number of carboxylic acids is 1. The van der Waals surface area contributed by atoms with Gasteiger partial charge in [-0.05, 0) is 24.6 Å². The number of aromatic carboxylic acids is 1. The third-order valence-corrected chi connectivity index (χ3v) is 2.51. The van der Waals surface area contributed by atoms with E-state index in [1.165, 1.54) is 13.2 Å². The second-order valence-electron chi connectivity index (χ2n) is 3.72. The van der Waals surface area contributed by atoms with Crippen LogP contribution in [0, 0.1) is 6.92 Å². The number of nitrogens with zero attached hydrogens (tertiary/aromatic N) is 1. The molecule has 2 rings (SSSR count). The summed E-state index contributed by atoms with van der Waals surface area (Å²) < 4.78 is 9.73. The molecular weight excluding hydrogens is 238 g/mol. The van der Waals surface area contributed by atoms with Crippen molar-refractivity contribution in [2.24, 2.45) is 0 Å². The number of ether oxygens (including phenoxy) is 1. The first-order chi connectivity index (χ1) is 8.52. The second-order valence-corrected chi connectivity index (χ2v) is 3.72. The first kappa shape index (κ1) is 12.0. The maximum atomic E-state index is 10.7. The highest BCUT2D eigenvalue weighted by molar-refractivity contribution is 5.86. The summed E-state index contributed by atoms with van der Waals surface area (Å²) in [6.07, 6.45) is 0. The minimum Gasteiger partial charge on any atom is -0.507 e. The molecule has 0 spiro atoms. The summed E-state index contributed by atoms with van der Waals surface area (Å²) in [5.41, 5.74) is 1.21. The van der Waals surface area contributed by atoms with Gasteiger partial charge < -0.3 is 19.5 Å². The van der Waals surface area contributed by atoms with Crippen molar-refractivity contribution < 1.29 is 24.3 Å². The highest BCUT2D eigenvalue weighted by Crippen LogP contribution is 2.35. The Bertz CT molecular complexity index is 603. The van der Waals surface area contributed by atoms with Gasteiger partial charge in [0.25, 0.3) is 0 Å². The average molecular weight is 249 g/mol. The van der Waals surface area contributed by atoms with E-state index in [-0.39, 0.29) is 17.2 Å². The van der Waals surface area contributed by atoms with Gasteiger partial charge in [0.2, 0.25) is 5.76 Å². The first-order valence-electron chi connectivity index (χ1n) is 5.11. The molecule has 1 aromatic heterocycles. The minimum absolute atomic E-state index is 0.0149. The molecular formula is C12H11NO5. The van der Waals surface area contributed by atoms with Crippen LogP contribution in [0.5, 0.6) is 11.5 Å². The summed E-state index contributed by atoms with van der Waals surface area (Å²) in [5.74, 6) is -0.945. The van der Waals surface area contributed by atoms with E-state index in [2.05, 4.69) is 9.68 Å². The molecule has 2 aromatic rings. The number of phenols is 1. The third-order valence-electron chi connectivity index (χ3n) is 2.51. The van der Waals surface area contributed by atoms with E-state index < -0.39 is 5.97 Å². The van der Waals surface area contributed by atoms with Gasteiger partial charge in [-0.1, -0.05) is 5.16 Å². The van der Waals surface area contributed by atoms with E-state index in [0.29, 0.717) is 16.9 Å². The molecule has 0 fully saturated rings. The van der Waals surface area contributed by atoms with Crippen LogP contribution in [0.15, 0.2) is 22.7 Å². The Morgan fingerprint density at radius 3 is 2.67 bits per heavy atom. The fourth-order valence-electron chi connectivity index (χ4n) is 1.56. The molecule has 0 radical (unpaired) electrons. The number of aromatic hydroxyl groups is 1. The summed E-state index contributed by atoms with van der Waals surface area (Å²) in [4.78, 5) is 10.7. The van der Waals surface area contributed by atoms with Crippen molar-refractivity contribution in [3.8, 4) is 22.8 Å². The molecule has 94 valence electrons. The Balaban J connectivity index is 2.55. The van der Waals surface area contributed by atoms with Crippen LogP contribution in [0.4, 0.5) is 0 Å². The molecule has 0 aliphatic heterocycles. The number of benzene rings is 1. The molecule has 0 aliphatic rings. The van der Waals surface area contributed by atoms with E-state index in [9.17, 15) is 9.90 Å². The molecule has 1 aromatic carbocycles. The Labute approximate surface area is 102 Å². The molecule has 0 bridgehead atoms. The number of carbonyl (C=O) groups is 1. The van der Waals surface area contributed by atoms with Crippen LogP contribution in [0.25, 0.3) is 11.3 Å². The smallest absolute Gasteiger partial charge is 0.374 e. The van der Waals surface area contributed by atoms with Crippen molar-refractivity contribution >= 4 is 5.97 Å². The number of hydrogen-bond donors (Lipinski definition) is 2. The lowest BCUT2D eigenvalue weighted by Crippen LogP contribution is -1.91. The standard InChI is InChI=1S/C12H11NO5/c1-6-3-7(17-2)4-8(11(6)14)9-5-10(12(15)16)18-13-9/h3-5,14H,1-2H3,(H,15,16). The molecule has 0 unspecified atom stereocenters. The minimum atomic E-state index is -1.21. The zero-order valence-electron chi connectivity index (χ0n) is 9.80. The van der Waals surface area contributed by atoms with Gasteiger partial charge in [-0.3, -0.25) is 0 Å². The lowest BCUT2D eigenvalue weighted by atomic mass is 10.1. The Hall–Kier alpha value is -2.50. The lowest BCUT2D eigenvalue weighted by molar-refractivity contribution is 0.0652. The van der Waals surface area contributed by atoms with E-state index in [4.69, 9.17) is 9.84 Å². The summed E-state index contributed by atoms with van der Waals surface area (Å²) >= 11 is 0. The lowest BCUT2D eigenvalue weighted by Gasteiger charge is -2.07.